The fourth-order valence-electron chi connectivity index (χ4n) is 3.37. The molecule has 0 spiro atoms. The van der Waals surface area contributed by atoms with Crippen LogP contribution < -0.4 is 21.3 Å². The quantitative estimate of drug-likeness (QED) is 0.483. The number of para-hydroxylation sites is 1. The number of amides is 1. The molecular formula is C23H21N3O4S. The van der Waals surface area contributed by atoms with Crippen molar-refractivity contribution in [3.05, 3.63) is 92.4 Å². The average molecular weight is 436 g/mol. The Morgan fingerprint density at radius 1 is 1.03 bits per heavy atom. The summed E-state index contributed by atoms with van der Waals surface area (Å²) in [5.74, 6) is 0.331. The number of hydrogen-bond donors (Lipinski definition) is 1. The number of rotatable bonds is 7. The van der Waals surface area contributed by atoms with Gasteiger partial charge in [-0.3, -0.25) is 18.7 Å². The van der Waals surface area contributed by atoms with E-state index >= 15 is 0 Å². The molecule has 0 fully saturated rings. The lowest BCUT2D eigenvalue weighted by Gasteiger charge is -2.13. The van der Waals surface area contributed by atoms with Gasteiger partial charge in [0, 0.05) is 5.69 Å². The molecule has 2 heterocycles. The van der Waals surface area contributed by atoms with Gasteiger partial charge in [0.05, 0.1) is 18.7 Å². The summed E-state index contributed by atoms with van der Waals surface area (Å²) in [5.41, 5.74) is 0.976. The van der Waals surface area contributed by atoms with E-state index < -0.39 is 5.69 Å². The van der Waals surface area contributed by atoms with E-state index in [1.54, 1.807) is 29.6 Å². The molecule has 0 radical (unpaired) electrons. The van der Waals surface area contributed by atoms with Crippen molar-refractivity contribution in [1.82, 2.24) is 9.13 Å². The third-order valence-corrected chi connectivity index (χ3v) is 5.64. The fraction of sp³-hybridized carbons (Fsp3) is 0.174. The van der Waals surface area contributed by atoms with Gasteiger partial charge in [-0.1, -0.05) is 30.3 Å². The molecule has 4 rings (SSSR count). The highest BCUT2D eigenvalue weighted by molar-refractivity contribution is 7.17. The lowest BCUT2D eigenvalue weighted by atomic mass is 10.2. The Morgan fingerprint density at radius 2 is 1.84 bits per heavy atom. The topological polar surface area (TPSA) is 82.3 Å². The molecule has 0 bridgehead atoms. The van der Waals surface area contributed by atoms with Gasteiger partial charge in [-0.2, -0.15) is 0 Å². The summed E-state index contributed by atoms with van der Waals surface area (Å²) in [6, 6.07) is 18.0. The van der Waals surface area contributed by atoms with Crippen molar-refractivity contribution in [1.29, 1.82) is 0 Å². The van der Waals surface area contributed by atoms with Crippen molar-refractivity contribution in [2.75, 3.05) is 11.9 Å². The maximum Gasteiger partial charge on any atom is 0.332 e. The average Bonchev–Trinajstić information content (AvgIpc) is 3.25. The zero-order valence-corrected chi connectivity index (χ0v) is 17.7. The number of thiophene rings is 1. The smallest absolute Gasteiger partial charge is 0.332 e. The largest absolute Gasteiger partial charge is 0.494 e. The SMILES string of the molecule is CCOc1cccc(Cn2c(=O)c3sccc3n(CC(=O)Nc3ccccc3)c2=O)c1. The van der Waals surface area contributed by atoms with Crippen LogP contribution in [-0.4, -0.2) is 21.6 Å². The van der Waals surface area contributed by atoms with E-state index in [1.165, 1.54) is 20.5 Å². The van der Waals surface area contributed by atoms with Gasteiger partial charge in [0.15, 0.2) is 0 Å². The first-order valence-corrected chi connectivity index (χ1v) is 10.7. The Balaban J connectivity index is 1.70. The summed E-state index contributed by atoms with van der Waals surface area (Å²) in [7, 11) is 0. The van der Waals surface area contributed by atoms with Gasteiger partial charge in [0.25, 0.3) is 5.56 Å². The Kier molecular flexibility index (Phi) is 5.99. The van der Waals surface area contributed by atoms with E-state index in [4.69, 9.17) is 4.74 Å². The molecule has 2 aromatic heterocycles. The Labute approximate surface area is 182 Å². The number of ether oxygens (including phenoxy) is 1. The van der Waals surface area contributed by atoms with Crippen molar-refractivity contribution in [2.24, 2.45) is 0 Å². The Bertz CT molecular complexity index is 1340. The lowest BCUT2D eigenvalue weighted by molar-refractivity contribution is -0.116. The number of benzene rings is 2. The van der Waals surface area contributed by atoms with Crippen molar-refractivity contribution in [2.45, 2.75) is 20.0 Å². The molecule has 8 heteroatoms. The molecule has 0 aliphatic heterocycles. The van der Waals surface area contributed by atoms with Gasteiger partial charge in [-0.05, 0) is 48.2 Å². The summed E-state index contributed by atoms with van der Waals surface area (Å²) in [5, 5.41) is 4.53. The van der Waals surface area contributed by atoms with E-state index in [1.807, 2.05) is 43.3 Å². The second-order valence-electron chi connectivity index (χ2n) is 6.89. The van der Waals surface area contributed by atoms with Crippen molar-refractivity contribution >= 4 is 33.1 Å². The number of carbonyl (C=O) groups excluding carboxylic acids is 1. The third-order valence-electron chi connectivity index (χ3n) is 4.75. The highest BCUT2D eigenvalue weighted by Crippen LogP contribution is 2.17. The normalized spacial score (nSPS) is 10.9. The number of fused-ring (bicyclic) bond motifs is 1. The van der Waals surface area contributed by atoms with E-state index in [0.717, 1.165) is 5.56 Å². The summed E-state index contributed by atoms with van der Waals surface area (Å²) >= 11 is 1.25. The van der Waals surface area contributed by atoms with Crippen LogP contribution in [0.4, 0.5) is 5.69 Å². The van der Waals surface area contributed by atoms with Crippen LogP contribution in [0.1, 0.15) is 12.5 Å². The molecule has 0 unspecified atom stereocenters. The van der Waals surface area contributed by atoms with Crippen LogP contribution in [0.25, 0.3) is 10.2 Å². The maximum atomic E-state index is 13.2. The molecule has 158 valence electrons. The van der Waals surface area contributed by atoms with Crippen LogP contribution >= 0.6 is 11.3 Å². The molecule has 0 saturated heterocycles. The molecule has 0 saturated carbocycles. The monoisotopic (exact) mass is 435 g/mol. The molecule has 1 amide bonds. The molecule has 2 aromatic carbocycles. The first kappa shape index (κ1) is 20.6. The van der Waals surface area contributed by atoms with E-state index in [0.29, 0.717) is 28.3 Å². The molecule has 7 nitrogen and oxygen atoms in total. The van der Waals surface area contributed by atoms with E-state index in [9.17, 15) is 14.4 Å². The summed E-state index contributed by atoms with van der Waals surface area (Å²) in [6.45, 7) is 2.31. The van der Waals surface area contributed by atoms with Crippen LogP contribution in [0.5, 0.6) is 5.75 Å². The molecule has 4 aromatic rings. The molecule has 0 aliphatic carbocycles. The van der Waals surface area contributed by atoms with Gasteiger partial charge in [-0.25, -0.2) is 4.79 Å². The van der Waals surface area contributed by atoms with Crippen molar-refractivity contribution in [3.8, 4) is 5.75 Å². The maximum absolute atomic E-state index is 13.2. The van der Waals surface area contributed by atoms with Crippen LogP contribution in [0.3, 0.4) is 0 Å². The minimum Gasteiger partial charge on any atom is -0.494 e. The van der Waals surface area contributed by atoms with Gasteiger partial charge in [0.1, 0.15) is 17.0 Å². The Morgan fingerprint density at radius 3 is 2.61 bits per heavy atom. The second kappa shape index (κ2) is 9.01. The van der Waals surface area contributed by atoms with Gasteiger partial charge in [-0.15, -0.1) is 11.3 Å². The minimum absolute atomic E-state index is 0.0900. The Hall–Kier alpha value is -3.65. The first-order valence-electron chi connectivity index (χ1n) is 9.84. The summed E-state index contributed by atoms with van der Waals surface area (Å²) in [6.07, 6.45) is 0. The van der Waals surface area contributed by atoms with Crippen LogP contribution in [0.2, 0.25) is 0 Å². The zero-order chi connectivity index (χ0) is 21.8. The van der Waals surface area contributed by atoms with E-state index in [2.05, 4.69) is 5.32 Å². The standard InChI is InChI=1S/C23H21N3O4S/c1-2-30-18-10-6-7-16(13-18)14-26-22(28)21-19(11-12-31-21)25(23(26)29)15-20(27)24-17-8-4-3-5-9-17/h3-13H,2,14-15H2,1H3,(H,24,27). The number of hydrogen-bond acceptors (Lipinski definition) is 5. The van der Waals surface area contributed by atoms with Gasteiger partial charge >= 0.3 is 5.69 Å². The lowest BCUT2D eigenvalue weighted by Crippen LogP contribution is -2.41. The molecule has 1 N–H and O–H groups in total. The molecular weight excluding hydrogens is 414 g/mol. The van der Waals surface area contributed by atoms with Crippen LogP contribution in [0, 0.1) is 0 Å². The van der Waals surface area contributed by atoms with E-state index in [-0.39, 0.29) is 24.6 Å². The van der Waals surface area contributed by atoms with Gasteiger partial charge < -0.3 is 10.1 Å². The summed E-state index contributed by atoms with van der Waals surface area (Å²) in [4.78, 5) is 38.8. The van der Waals surface area contributed by atoms with Gasteiger partial charge in [0.2, 0.25) is 5.91 Å². The number of nitrogens with zero attached hydrogens (tertiary/aromatic N) is 2. The highest BCUT2D eigenvalue weighted by atomic mass is 32.1. The predicted molar refractivity (Wildman–Crippen MR) is 122 cm³/mol. The number of aromatic nitrogens is 2. The summed E-state index contributed by atoms with van der Waals surface area (Å²) < 4.78 is 8.46. The number of carbonyl (C=O) groups is 1. The minimum atomic E-state index is -0.527. The predicted octanol–water partition coefficient (Wildman–Crippen LogP) is 3.31. The number of nitrogens with one attached hydrogen (secondary N) is 1. The van der Waals surface area contributed by atoms with Crippen molar-refractivity contribution in [3.63, 3.8) is 0 Å². The second-order valence-corrected chi connectivity index (χ2v) is 7.81. The molecule has 0 atom stereocenters. The number of anilines is 1. The third kappa shape index (κ3) is 4.44. The highest BCUT2D eigenvalue weighted by Gasteiger charge is 2.17. The van der Waals surface area contributed by atoms with Crippen LogP contribution in [-0.2, 0) is 17.9 Å². The van der Waals surface area contributed by atoms with Crippen LogP contribution in [0.15, 0.2) is 75.6 Å². The molecule has 0 aliphatic rings. The van der Waals surface area contributed by atoms with Crippen molar-refractivity contribution < 1.29 is 9.53 Å². The first-order chi connectivity index (χ1) is 15.1. The fourth-order valence-corrected chi connectivity index (χ4v) is 4.22. The zero-order valence-electron chi connectivity index (χ0n) is 16.9. The molecule has 31 heavy (non-hydrogen) atoms.